The molecule has 1 aliphatic rings. The molecule has 160 valence electrons. The number of fused-ring (bicyclic) bond motifs is 1. The number of hydrogen-bond donors (Lipinski definition) is 1. The summed E-state index contributed by atoms with van der Waals surface area (Å²) in [5, 5.41) is 9.49. The summed E-state index contributed by atoms with van der Waals surface area (Å²) in [5.41, 5.74) is 2.54. The SMILES string of the molecule is Cc1cccc(C2CC2)c1C(=O)c1cn(-c2ccc(C(=O)O)cc2F)c2c(F)cccc12. The van der Waals surface area contributed by atoms with E-state index in [9.17, 15) is 18.4 Å². The van der Waals surface area contributed by atoms with Crippen LogP contribution in [0.1, 0.15) is 56.2 Å². The summed E-state index contributed by atoms with van der Waals surface area (Å²) in [4.78, 5) is 24.9. The van der Waals surface area contributed by atoms with Gasteiger partial charge in [-0.05, 0) is 61.1 Å². The molecule has 0 saturated heterocycles. The van der Waals surface area contributed by atoms with Crippen LogP contribution in [0.15, 0.2) is 60.8 Å². The molecule has 32 heavy (non-hydrogen) atoms. The number of aryl methyl sites for hydroxylation is 1. The third-order valence-electron chi connectivity index (χ3n) is 6.02. The number of nitrogens with zero attached hydrogens (tertiary/aromatic N) is 1. The van der Waals surface area contributed by atoms with Crippen molar-refractivity contribution in [3.05, 3.63) is 100 Å². The van der Waals surface area contributed by atoms with Crippen LogP contribution in [0.2, 0.25) is 0 Å². The largest absolute Gasteiger partial charge is 0.478 e. The van der Waals surface area contributed by atoms with E-state index in [1.54, 1.807) is 6.07 Å². The average Bonchev–Trinajstić information content (AvgIpc) is 3.54. The molecule has 1 aromatic heterocycles. The highest BCUT2D eigenvalue weighted by Crippen LogP contribution is 2.43. The lowest BCUT2D eigenvalue weighted by Gasteiger charge is -2.11. The maximum absolute atomic E-state index is 14.9. The van der Waals surface area contributed by atoms with E-state index in [-0.39, 0.29) is 28.1 Å². The van der Waals surface area contributed by atoms with Crippen molar-refractivity contribution in [1.82, 2.24) is 4.57 Å². The van der Waals surface area contributed by atoms with Gasteiger partial charge in [-0.1, -0.05) is 30.3 Å². The van der Waals surface area contributed by atoms with Gasteiger partial charge in [0, 0.05) is 22.7 Å². The van der Waals surface area contributed by atoms with Gasteiger partial charge in [-0.25, -0.2) is 13.6 Å². The zero-order valence-electron chi connectivity index (χ0n) is 17.2. The van der Waals surface area contributed by atoms with Gasteiger partial charge in [-0.2, -0.15) is 0 Å². The number of carbonyl (C=O) groups excluding carboxylic acids is 1. The molecule has 0 radical (unpaired) electrons. The average molecular weight is 431 g/mol. The van der Waals surface area contributed by atoms with Crippen molar-refractivity contribution in [2.24, 2.45) is 0 Å². The molecule has 0 aliphatic heterocycles. The lowest BCUT2D eigenvalue weighted by atomic mass is 9.92. The molecule has 3 aromatic carbocycles. The van der Waals surface area contributed by atoms with E-state index in [0.29, 0.717) is 16.9 Å². The number of carbonyl (C=O) groups is 2. The topological polar surface area (TPSA) is 59.3 Å². The Morgan fingerprint density at radius 2 is 1.75 bits per heavy atom. The second-order valence-corrected chi connectivity index (χ2v) is 8.16. The first-order chi connectivity index (χ1) is 15.4. The Morgan fingerprint density at radius 1 is 1.00 bits per heavy atom. The number of benzene rings is 3. The minimum atomic E-state index is -1.26. The molecule has 5 rings (SSSR count). The number of ketones is 1. The normalized spacial score (nSPS) is 13.5. The Hall–Kier alpha value is -3.80. The maximum Gasteiger partial charge on any atom is 0.335 e. The van der Waals surface area contributed by atoms with Crippen LogP contribution in [-0.4, -0.2) is 21.4 Å². The first kappa shape index (κ1) is 20.1. The first-order valence-electron chi connectivity index (χ1n) is 10.3. The Kier molecular flexibility index (Phi) is 4.66. The first-order valence-corrected chi connectivity index (χ1v) is 10.3. The fourth-order valence-electron chi connectivity index (χ4n) is 4.32. The maximum atomic E-state index is 14.9. The highest BCUT2D eigenvalue weighted by molar-refractivity contribution is 6.18. The lowest BCUT2D eigenvalue weighted by molar-refractivity contribution is 0.0696. The van der Waals surface area contributed by atoms with E-state index < -0.39 is 17.6 Å². The van der Waals surface area contributed by atoms with Gasteiger partial charge in [0.1, 0.15) is 11.6 Å². The predicted molar refractivity (Wildman–Crippen MR) is 117 cm³/mol. The van der Waals surface area contributed by atoms with Crippen LogP contribution in [0.5, 0.6) is 0 Å². The van der Waals surface area contributed by atoms with Crippen LogP contribution in [-0.2, 0) is 0 Å². The quantitative estimate of drug-likeness (QED) is 0.393. The molecule has 1 heterocycles. The molecule has 0 atom stereocenters. The molecule has 0 unspecified atom stereocenters. The highest BCUT2D eigenvalue weighted by atomic mass is 19.1. The zero-order valence-corrected chi connectivity index (χ0v) is 17.2. The van der Waals surface area contributed by atoms with E-state index in [1.165, 1.54) is 35.0 Å². The molecular weight excluding hydrogens is 412 g/mol. The van der Waals surface area contributed by atoms with Gasteiger partial charge in [-0.3, -0.25) is 4.79 Å². The summed E-state index contributed by atoms with van der Waals surface area (Å²) in [6, 6.07) is 13.6. The van der Waals surface area contributed by atoms with Crippen molar-refractivity contribution in [1.29, 1.82) is 0 Å². The molecule has 1 fully saturated rings. The van der Waals surface area contributed by atoms with Crippen LogP contribution in [0, 0.1) is 18.6 Å². The number of carboxylic acid groups (broad SMARTS) is 1. The van der Waals surface area contributed by atoms with Crippen molar-refractivity contribution in [2.75, 3.05) is 0 Å². The van der Waals surface area contributed by atoms with E-state index in [2.05, 4.69) is 0 Å². The van der Waals surface area contributed by atoms with Crippen molar-refractivity contribution < 1.29 is 23.5 Å². The van der Waals surface area contributed by atoms with E-state index >= 15 is 0 Å². The monoisotopic (exact) mass is 431 g/mol. The third kappa shape index (κ3) is 3.19. The Morgan fingerprint density at radius 3 is 2.44 bits per heavy atom. The third-order valence-corrected chi connectivity index (χ3v) is 6.02. The number of carboxylic acids is 1. The molecular formula is C26H19F2NO3. The van der Waals surface area contributed by atoms with Gasteiger partial charge in [-0.15, -0.1) is 0 Å². The van der Waals surface area contributed by atoms with E-state index in [0.717, 1.165) is 30.0 Å². The van der Waals surface area contributed by atoms with Gasteiger partial charge in [0.15, 0.2) is 5.78 Å². The van der Waals surface area contributed by atoms with Crippen LogP contribution in [0.4, 0.5) is 8.78 Å². The fourth-order valence-corrected chi connectivity index (χ4v) is 4.32. The van der Waals surface area contributed by atoms with E-state index in [4.69, 9.17) is 5.11 Å². The Balaban J connectivity index is 1.73. The summed E-state index contributed by atoms with van der Waals surface area (Å²) in [7, 11) is 0. The number of para-hydroxylation sites is 1. The molecule has 0 bridgehead atoms. The molecule has 1 aliphatic carbocycles. The Bertz CT molecular complexity index is 1420. The van der Waals surface area contributed by atoms with Gasteiger partial charge < -0.3 is 9.67 Å². The van der Waals surface area contributed by atoms with Crippen molar-refractivity contribution >= 4 is 22.7 Å². The summed E-state index contributed by atoms with van der Waals surface area (Å²) in [6.45, 7) is 1.88. The van der Waals surface area contributed by atoms with Crippen molar-refractivity contribution in [3.63, 3.8) is 0 Å². The number of hydrogen-bond acceptors (Lipinski definition) is 2. The van der Waals surface area contributed by atoms with Gasteiger partial charge >= 0.3 is 5.97 Å². The molecule has 4 nitrogen and oxygen atoms in total. The van der Waals surface area contributed by atoms with Gasteiger partial charge in [0.25, 0.3) is 0 Å². The minimum absolute atomic E-state index is 0.0312. The molecule has 4 aromatic rings. The van der Waals surface area contributed by atoms with Crippen molar-refractivity contribution in [3.8, 4) is 5.69 Å². The number of aromatic nitrogens is 1. The van der Waals surface area contributed by atoms with Gasteiger partial charge in [0.05, 0.1) is 16.8 Å². The Labute approximate surface area is 182 Å². The van der Waals surface area contributed by atoms with Crippen LogP contribution in [0.3, 0.4) is 0 Å². The lowest BCUT2D eigenvalue weighted by Crippen LogP contribution is -2.07. The van der Waals surface area contributed by atoms with Crippen LogP contribution in [0.25, 0.3) is 16.6 Å². The minimum Gasteiger partial charge on any atom is -0.478 e. The summed E-state index contributed by atoms with van der Waals surface area (Å²) in [6.07, 6.45) is 3.50. The highest BCUT2D eigenvalue weighted by Gasteiger charge is 2.30. The summed E-state index contributed by atoms with van der Waals surface area (Å²) < 4.78 is 31.0. The van der Waals surface area contributed by atoms with Crippen LogP contribution >= 0.6 is 0 Å². The fraction of sp³-hybridized carbons (Fsp3) is 0.154. The predicted octanol–water partition coefficient (Wildman–Crippen LogP) is 6.02. The van der Waals surface area contributed by atoms with Gasteiger partial charge in [0.2, 0.25) is 0 Å². The number of aromatic carboxylic acids is 1. The second kappa shape index (κ2) is 7.41. The second-order valence-electron chi connectivity index (χ2n) is 8.16. The smallest absolute Gasteiger partial charge is 0.335 e. The number of halogens is 2. The molecule has 1 N–H and O–H groups in total. The van der Waals surface area contributed by atoms with Crippen molar-refractivity contribution in [2.45, 2.75) is 25.7 Å². The number of rotatable bonds is 5. The standard InChI is InChI=1S/C26H19F2NO3/c1-14-4-2-5-17(15-8-9-15)23(14)25(30)19-13-29(24-18(19)6-3-7-20(24)27)22-11-10-16(26(31)32)12-21(22)28/h2-7,10-13,15H,8-9H2,1H3,(H,31,32). The van der Waals surface area contributed by atoms with Crippen LogP contribution < -0.4 is 0 Å². The molecule has 1 saturated carbocycles. The molecule has 0 spiro atoms. The van der Waals surface area contributed by atoms with E-state index in [1.807, 2.05) is 25.1 Å². The summed E-state index contributed by atoms with van der Waals surface area (Å²) in [5.74, 6) is -2.57. The summed E-state index contributed by atoms with van der Waals surface area (Å²) >= 11 is 0. The zero-order chi connectivity index (χ0) is 22.6. The molecule has 6 heteroatoms. The molecule has 0 amide bonds.